The monoisotopic (exact) mass is 228 g/mol. The molecule has 4 heteroatoms. The molecule has 1 aromatic carbocycles. The fourth-order valence-corrected chi connectivity index (χ4v) is 1.48. The van der Waals surface area contributed by atoms with E-state index in [4.69, 9.17) is 21.1 Å². The van der Waals surface area contributed by atoms with Crippen LogP contribution in [-0.4, -0.2) is 19.5 Å². The molecular formula is C11H13ClO3. The van der Waals surface area contributed by atoms with Crippen molar-refractivity contribution in [2.45, 2.75) is 13.8 Å². The first-order valence-electron chi connectivity index (χ1n) is 4.77. The molecule has 0 saturated heterocycles. The third kappa shape index (κ3) is 2.86. The fraction of sp³-hybridized carbons (Fsp3) is 0.364. The summed E-state index contributed by atoms with van der Waals surface area (Å²) >= 11 is 5.96. The number of aldehydes is 1. The molecule has 0 aliphatic carbocycles. The highest BCUT2D eigenvalue weighted by Gasteiger charge is 2.11. The molecule has 0 aromatic heterocycles. The van der Waals surface area contributed by atoms with Gasteiger partial charge in [-0.05, 0) is 26.0 Å². The molecule has 15 heavy (non-hydrogen) atoms. The normalized spacial score (nSPS) is 9.80. The Morgan fingerprint density at radius 2 is 1.93 bits per heavy atom. The van der Waals surface area contributed by atoms with Crippen LogP contribution in [0, 0.1) is 0 Å². The second kappa shape index (κ2) is 5.61. The van der Waals surface area contributed by atoms with Gasteiger partial charge >= 0.3 is 0 Å². The van der Waals surface area contributed by atoms with Crippen molar-refractivity contribution in [1.29, 1.82) is 0 Å². The van der Waals surface area contributed by atoms with Crippen LogP contribution in [0.15, 0.2) is 12.1 Å². The summed E-state index contributed by atoms with van der Waals surface area (Å²) in [6.45, 7) is 4.72. The molecule has 0 aliphatic rings. The van der Waals surface area contributed by atoms with Crippen LogP contribution in [0.4, 0.5) is 0 Å². The molecule has 0 radical (unpaired) electrons. The first-order valence-corrected chi connectivity index (χ1v) is 5.15. The van der Waals surface area contributed by atoms with E-state index in [1.54, 1.807) is 12.1 Å². The third-order valence-corrected chi connectivity index (χ3v) is 2.04. The predicted molar refractivity (Wildman–Crippen MR) is 59.2 cm³/mol. The van der Waals surface area contributed by atoms with Gasteiger partial charge in [-0.15, -0.1) is 0 Å². The molecular weight excluding hydrogens is 216 g/mol. The van der Waals surface area contributed by atoms with Crippen molar-refractivity contribution >= 4 is 17.9 Å². The van der Waals surface area contributed by atoms with E-state index in [0.29, 0.717) is 35.3 Å². The number of benzene rings is 1. The van der Waals surface area contributed by atoms with Crippen LogP contribution in [-0.2, 0) is 0 Å². The first-order chi connectivity index (χ1) is 7.22. The van der Waals surface area contributed by atoms with Crippen molar-refractivity contribution in [3.63, 3.8) is 0 Å². The molecule has 0 aliphatic heterocycles. The van der Waals surface area contributed by atoms with Crippen molar-refractivity contribution < 1.29 is 14.3 Å². The summed E-state index contributed by atoms with van der Waals surface area (Å²) in [6, 6.07) is 3.18. The summed E-state index contributed by atoms with van der Waals surface area (Å²) in [6.07, 6.45) is 0.726. The molecule has 0 spiro atoms. The van der Waals surface area contributed by atoms with E-state index >= 15 is 0 Å². The maximum absolute atomic E-state index is 10.6. The van der Waals surface area contributed by atoms with Crippen molar-refractivity contribution in [2.24, 2.45) is 0 Å². The number of carbonyl (C=O) groups is 1. The molecule has 0 N–H and O–H groups in total. The predicted octanol–water partition coefficient (Wildman–Crippen LogP) is 2.95. The highest BCUT2D eigenvalue weighted by Crippen LogP contribution is 2.36. The lowest BCUT2D eigenvalue weighted by Gasteiger charge is -2.12. The molecule has 3 nitrogen and oxygen atoms in total. The average Bonchev–Trinajstić information content (AvgIpc) is 2.23. The molecule has 1 rings (SSSR count). The van der Waals surface area contributed by atoms with Gasteiger partial charge in [0.15, 0.2) is 11.5 Å². The Balaban J connectivity index is 3.15. The highest BCUT2D eigenvalue weighted by molar-refractivity contribution is 6.32. The van der Waals surface area contributed by atoms with Crippen LogP contribution < -0.4 is 9.47 Å². The SMILES string of the molecule is CCOc1cc(C=O)cc(Cl)c1OCC. The van der Waals surface area contributed by atoms with Gasteiger partial charge in [-0.1, -0.05) is 11.6 Å². The van der Waals surface area contributed by atoms with E-state index in [0.717, 1.165) is 6.29 Å². The Bertz CT molecular complexity index is 350. The average molecular weight is 229 g/mol. The van der Waals surface area contributed by atoms with E-state index < -0.39 is 0 Å². The minimum absolute atomic E-state index is 0.393. The number of ether oxygens (including phenoxy) is 2. The molecule has 0 amide bonds. The summed E-state index contributed by atoms with van der Waals surface area (Å²) in [5.41, 5.74) is 0.479. The summed E-state index contributed by atoms with van der Waals surface area (Å²) in [7, 11) is 0. The summed E-state index contributed by atoms with van der Waals surface area (Å²) in [4.78, 5) is 10.6. The maximum Gasteiger partial charge on any atom is 0.179 e. The Kier molecular flexibility index (Phi) is 4.43. The zero-order chi connectivity index (χ0) is 11.3. The minimum atomic E-state index is 0.393. The number of hydrogen-bond donors (Lipinski definition) is 0. The van der Waals surface area contributed by atoms with Crippen molar-refractivity contribution in [3.05, 3.63) is 22.7 Å². The Morgan fingerprint density at radius 3 is 2.47 bits per heavy atom. The van der Waals surface area contributed by atoms with Gasteiger partial charge in [0.05, 0.1) is 18.2 Å². The summed E-state index contributed by atoms with van der Waals surface area (Å²) < 4.78 is 10.7. The van der Waals surface area contributed by atoms with Gasteiger partial charge in [0.25, 0.3) is 0 Å². The van der Waals surface area contributed by atoms with Crippen LogP contribution in [0.25, 0.3) is 0 Å². The Morgan fingerprint density at radius 1 is 1.27 bits per heavy atom. The molecule has 0 bridgehead atoms. The topological polar surface area (TPSA) is 35.5 Å². The number of hydrogen-bond acceptors (Lipinski definition) is 3. The smallest absolute Gasteiger partial charge is 0.179 e. The lowest BCUT2D eigenvalue weighted by Crippen LogP contribution is -2.00. The number of carbonyl (C=O) groups excluding carboxylic acids is 1. The van der Waals surface area contributed by atoms with Gasteiger partial charge < -0.3 is 9.47 Å². The molecule has 1 aromatic rings. The lowest BCUT2D eigenvalue weighted by molar-refractivity contribution is 0.112. The standard InChI is InChI=1S/C11H13ClO3/c1-3-14-10-6-8(7-13)5-9(12)11(10)15-4-2/h5-7H,3-4H2,1-2H3. The largest absolute Gasteiger partial charge is 0.490 e. The van der Waals surface area contributed by atoms with E-state index in [2.05, 4.69) is 0 Å². The van der Waals surface area contributed by atoms with Gasteiger partial charge in [-0.2, -0.15) is 0 Å². The van der Waals surface area contributed by atoms with Gasteiger partial charge in [-0.3, -0.25) is 4.79 Å². The van der Waals surface area contributed by atoms with Crippen LogP contribution >= 0.6 is 11.6 Å². The molecule has 82 valence electrons. The first kappa shape index (κ1) is 11.9. The number of rotatable bonds is 5. The lowest BCUT2D eigenvalue weighted by atomic mass is 10.2. The van der Waals surface area contributed by atoms with Crippen molar-refractivity contribution in [2.75, 3.05) is 13.2 Å². The maximum atomic E-state index is 10.6. The van der Waals surface area contributed by atoms with Crippen LogP contribution in [0.1, 0.15) is 24.2 Å². The van der Waals surface area contributed by atoms with Gasteiger partial charge in [-0.25, -0.2) is 0 Å². The van der Waals surface area contributed by atoms with E-state index in [1.807, 2.05) is 13.8 Å². The van der Waals surface area contributed by atoms with E-state index in [1.165, 1.54) is 0 Å². The highest BCUT2D eigenvalue weighted by atomic mass is 35.5. The fourth-order valence-electron chi connectivity index (χ4n) is 1.20. The second-order valence-corrected chi connectivity index (χ2v) is 3.22. The van der Waals surface area contributed by atoms with Crippen molar-refractivity contribution in [1.82, 2.24) is 0 Å². The van der Waals surface area contributed by atoms with Crippen LogP contribution in [0.5, 0.6) is 11.5 Å². The minimum Gasteiger partial charge on any atom is -0.490 e. The molecule has 0 unspecified atom stereocenters. The van der Waals surface area contributed by atoms with Gasteiger partial charge in [0, 0.05) is 5.56 Å². The molecule has 0 heterocycles. The summed E-state index contributed by atoms with van der Waals surface area (Å²) in [5.74, 6) is 1.00. The van der Waals surface area contributed by atoms with E-state index in [-0.39, 0.29) is 0 Å². The van der Waals surface area contributed by atoms with Gasteiger partial charge in [0.1, 0.15) is 6.29 Å². The zero-order valence-electron chi connectivity index (χ0n) is 8.75. The molecule has 0 saturated carbocycles. The van der Waals surface area contributed by atoms with Crippen LogP contribution in [0.3, 0.4) is 0 Å². The molecule has 0 atom stereocenters. The third-order valence-electron chi connectivity index (χ3n) is 1.76. The van der Waals surface area contributed by atoms with E-state index in [9.17, 15) is 4.79 Å². The van der Waals surface area contributed by atoms with Crippen molar-refractivity contribution in [3.8, 4) is 11.5 Å². The van der Waals surface area contributed by atoms with Crippen LogP contribution in [0.2, 0.25) is 5.02 Å². The molecule has 0 fully saturated rings. The quantitative estimate of drug-likeness (QED) is 0.727. The summed E-state index contributed by atoms with van der Waals surface area (Å²) in [5, 5.41) is 0.393. The zero-order valence-corrected chi connectivity index (χ0v) is 9.50. The number of halogens is 1. The Labute approximate surface area is 93.9 Å². The van der Waals surface area contributed by atoms with Gasteiger partial charge in [0.2, 0.25) is 0 Å². The Hall–Kier alpha value is -1.22. The second-order valence-electron chi connectivity index (χ2n) is 2.81.